The monoisotopic (exact) mass is 322 g/mol. The van der Waals surface area contributed by atoms with Crippen LogP contribution in [0.25, 0.3) is 0 Å². The Kier molecular flexibility index (Phi) is 4.63. The van der Waals surface area contributed by atoms with E-state index in [0.717, 1.165) is 11.3 Å². The molecule has 0 saturated carbocycles. The number of anilines is 1. The number of hydrogen-bond donors (Lipinski definition) is 2. The van der Waals surface area contributed by atoms with Crippen LogP contribution in [-0.2, 0) is 6.54 Å². The summed E-state index contributed by atoms with van der Waals surface area (Å²) in [7, 11) is 0. The molecular weight excluding hydrogens is 308 g/mol. The quantitative estimate of drug-likeness (QED) is 0.883. The molecule has 0 radical (unpaired) electrons. The highest BCUT2D eigenvalue weighted by Crippen LogP contribution is 2.24. The Morgan fingerprint density at radius 1 is 1.32 bits per heavy atom. The summed E-state index contributed by atoms with van der Waals surface area (Å²) in [6.45, 7) is 3.20. The number of pyridine rings is 1. The highest BCUT2D eigenvalue weighted by atomic mass is 79.9. The molecular formula is C14H15BrN2O2. The Balaban J connectivity index is 1.96. The average Bonchev–Trinajstić information content (AvgIpc) is 2.42. The van der Waals surface area contributed by atoms with Gasteiger partial charge in [-0.25, -0.2) is 4.98 Å². The molecule has 0 spiro atoms. The van der Waals surface area contributed by atoms with Crippen LogP contribution in [0.1, 0.15) is 12.5 Å². The first-order chi connectivity index (χ1) is 9.19. The van der Waals surface area contributed by atoms with Gasteiger partial charge < -0.3 is 15.2 Å². The second-order valence-electron chi connectivity index (χ2n) is 3.96. The summed E-state index contributed by atoms with van der Waals surface area (Å²) >= 11 is 3.29. The van der Waals surface area contributed by atoms with Gasteiger partial charge in [-0.1, -0.05) is 6.07 Å². The average molecular weight is 323 g/mol. The molecule has 0 fully saturated rings. The Morgan fingerprint density at radius 2 is 2.16 bits per heavy atom. The molecule has 1 heterocycles. The molecule has 0 amide bonds. The fraction of sp³-hybridized carbons (Fsp3) is 0.214. The fourth-order valence-electron chi connectivity index (χ4n) is 1.58. The molecule has 4 nitrogen and oxygen atoms in total. The minimum absolute atomic E-state index is 0.242. The molecule has 0 atom stereocenters. The van der Waals surface area contributed by atoms with Crippen LogP contribution in [0.4, 0.5) is 5.69 Å². The number of ether oxygens (including phenoxy) is 1. The van der Waals surface area contributed by atoms with Gasteiger partial charge in [0, 0.05) is 12.6 Å². The first-order valence-corrected chi connectivity index (χ1v) is 6.78. The molecule has 5 heteroatoms. The molecule has 0 unspecified atom stereocenters. The van der Waals surface area contributed by atoms with Crippen molar-refractivity contribution in [1.29, 1.82) is 0 Å². The maximum Gasteiger partial charge on any atom is 0.213 e. The van der Waals surface area contributed by atoms with Gasteiger partial charge in [-0.3, -0.25) is 0 Å². The Morgan fingerprint density at radius 3 is 2.79 bits per heavy atom. The van der Waals surface area contributed by atoms with Crippen molar-refractivity contribution in [3.63, 3.8) is 0 Å². The highest BCUT2D eigenvalue weighted by Gasteiger charge is 2.00. The fourth-order valence-corrected chi connectivity index (χ4v) is 2.01. The zero-order valence-corrected chi connectivity index (χ0v) is 12.1. The van der Waals surface area contributed by atoms with Crippen LogP contribution in [0, 0.1) is 0 Å². The van der Waals surface area contributed by atoms with Crippen molar-refractivity contribution >= 4 is 21.6 Å². The van der Waals surface area contributed by atoms with E-state index in [9.17, 15) is 5.11 Å². The smallest absolute Gasteiger partial charge is 0.213 e. The van der Waals surface area contributed by atoms with Crippen LogP contribution >= 0.6 is 15.9 Å². The lowest BCUT2D eigenvalue weighted by Crippen LogP contribution is -2.00. The van der Waals surface area contributed by atoms with E-state index in [-0.39, 0.29) is 5.75 Å². The van der Waals surface area contributed by atoms with Crippen LogP contribution in [0.3, 0.4) is 0 Å². The molecule has 0 aliphatic carbocycles. The van der Waals surface area contributed by atoms with Gasteiger partial charge in [-0.15, -0.1) is 0 Å². The van der Waals surface area contributed by atoms with Gasteiger partial charge in [-0.05, 0) is 46.6 Å². The van der Waals surface area contributed by atoms with Gasteiger partial charge in [0.2, 0.25) is 5.88 Å². The van der Waals surface area contributed by atoms with E-state index in [0.29, 0.717) is 23.5 Å². The van der Waals surface area contributed by atoms with Gasteiger partial charge in [0.25, 0.3) is 0 Å². The Labute approximate surface area is 120 Å². The van der Waals surface area contributed by atoms with Crippen molar-refractivity contribution in [3.05, 3.63) is 46.6 Å². The predicted molar refractivity (Wildman–Crippen MR) is 78.5 cm³/mol. The topological polar surface area (TPSA) is 54.4 Å². The number of aromatic nitrogens is 1. The second kappa shape index (κ2) is 6.43. The summed E-state index contributed by atoms with van der Waals surface area (Å²) in [4.78, 5) is 4.18. The van der Waals surface area contributed by atoms with Crippen molar-refractivity contribution in [1.82, 2.24) is 4.98 Å². The predicted octanol–water partition coefficient (Wildman–Crippen LogP) is 3.56. The van der Waals surface area contributed by atoms with Crippen LogP contribution in [0.15, 0.2) is 41.0 Å². The van der Waals surface area contributed by atoms with Crippen molar-refractivity contribution in [3.8, 4) is 11.6 Å². The third-order valence-corrected chi connectivity index (χ3v) is 3.17. The summed E-state index contributed by atoms with van der Waals surface area (Å²) in [5, 5.41) is 12.7. The van der Waals surface area contributed by atoms with E-state index < -0.39 is 0 Å². The number of benzene rings is 1. The number of phenolic OH excluding ortho intramolecular Hbond substituents is 1. The Bertz CT molecular complexity index is 544. The molecule has 0 aliphatic heterocycles. The third kappa shape index (κ3) is 3.86. The molecule has 100 valence electrons. The third-order valence-electron chi connectivity index (χ3n) is 2.54. The first kappa shape index (κ1) is 13.7. The van der Waals surface area contributed by atoms with E-state index >= 15 is 0 Å². The van der Waals surface area contributed by atoms with Crippen molar-refractivity contribution in [2.45, 2.75) is 13.5 Å². The number of halogens is 1. The lowest BCUT2D eigenvalue weighted by molar-refractivity contribution is 0.327. The van der Waals surface area contributed by atoms with E-state index in [2.05, 4.69) is 26.2 Å². The molecule has 0 aliphatic rings. The van der Waals surface area contributed by atoms with Crippen LogP contribution in [-0.4, -0.2) is 16.7 Å². The summed E-state index contributed by atoms with van der Waals surface area (Å²) < 4.78 is 5.97. The normalized spacial score (nSPS) is 10.2. The molecule has 0 saturated heterocycles. The zero-order chi connectivity index (χ0) is 13.7. The lowest BCUT2D eigenvalue weighted by atomic mass is 10.2. The second-order valence-corrected chi connectivity index (χ2v) is 4.81. The summed E-state index contributed by atoms with van der Waals surface area (Å²) in [5.41, 5.74) is 1.99. The molecule has 2 aromatic rings. The van der Waals surface area contributed by atoms with Crippen LogP contribution < -0.4 is 10.1 Å². The summed E-state index contributed by atoms with van der Waals surface area (Å²) in [5.74, 6) is 0.868. The number of rotatable bonds is 5. The number of hydrogen-bond acceptors (Lipinski definition) is 4. The van der Waals surface area contributed by atoms with Gasteiger partial charge in [-0.2, -0.15) is 0 Å². The standard InChI is InChI=1S/C14H15BrN2O2/c1-2-19-14-6-4-11(9-17-14)16-8-10-3-5-13(18)12(15)7-10/h3-7,9,16,18H,2,8H2,1H3. The highest BCUT2D eigenvalue weighted by molar-refractivity contribution is 9.10. The van der Waals surface area contributed by atoms with Crippen molar-refractivity contribution in [2.24, 2.45) is 0 Å². The zero-order valence-electron chi connectivity index (χ0n) is 10.6. The molecule has 19 heavy (non-hydrogen) atoms. The summed E-state index contributed by atoms with van der Waals surface area (Å²) in [6.07, 6.45) is 1.74. The first-order valence-electron chi connectivity index (χ1n) is 5.99. The molecule has 1 aromatic carbocycles. The SMILES string of the molecule is CCOc1ccc(NCc2ccc(O)c(Br)c2)cn1. The van der Waals surface area contributed by atoms with E-state index in [1.165, 1.54) is 0 Å². The summed E-state index contributed by atoms with van der Waals surface area (Å²) in [6, 6.07) is 9.17. The number of nitrogens with zero attached hydrogens (tertiary/aromatic N) is 1. The van der Waals surface area contributed by atoms with Gasteiger partial charge in [0.05, 0.1) is 23.0 Å². The molecule has 1 aromatic heterocycles. The van der Waals surface area contributed by atoms with E-state index in [4.69, 9.17) is 4.74 Å². The van der Waals surface area contributed by atoms with Crippen molar-refractivity contribution in [2.75, 3.05) is 11.9 Å². The van der Waals surface area contributed by atoms with Gasteiger partial charge in [0.1, 0.15) is 5.75 Å². The van der Waals surface area contributed by atoms with Crippen LogP contribution in [0.2, 0.25) is 0 Å². The lowest BCUT2D eigenvalue weighted by Gasteiger charge is -2.08. The molecule has 2 rings (SSSR count). The number of nitrogens with one attached hydrogen (secondary N) is 1. The van der Waals surface area contributed by atoms with Gasteiger partial charge >= 0.3 is 0 Å². The maximum absolute atomic E-state index is 9.42. The minimum atomic E-state index is 0.242. The van der Waals surface area contributed by atoms with E-state index in [1.807, 2.05) is 31.2 Å². The number of phenols is 1. The minimum Gasteiger partial charge on any atom is -0.507 e. The van der Waals surface area contributed by atoms with Crippen LogP contribution in [0.5, 0.6) is 11.6 Å². The maximum atomic E-state index is 9.42. The Hall–Kier alpha value is -1.75. The largest absolute Gasteiger partial charge is 0.507 e. The van der Waals surface area contributed by atoms with Crippen molar-refractivity contribution < 1.29 is 9.84 Å². The molecule has 0 bridgehead atoms. The van der Waals surface area contributed by atoms with E-state index in [1.54, 1.807) is 12.3 Å². The molecule has 2 N–H and O–H groups in total. The van der Waals surface area contributed by atoms with Gasteiger partial charge in [0.15, 0.2) is 0 Å². The number of aromatic hydroxyl groups is 1.